The third-order valence-corrected chi connectivity index (χ3v) is 3.21. The normalized spacial score (nSPS) is 27.0. The summed E-state index contributed by atoms with van der Waals surface area (Å²) in [4.78, 5) is 11.1. The molecule has 2 aliphatic carbocycles. The number of nitrogens with zero attached hydrogens (tertiary/aromatic N) is 1. The summed E-state index contributed by atoms with van der Waals surface area (Å²) in [5, 5.41) is 8.31. The molecule has 0 saturated heterocycles. The van der Waals surface area contributed by atoms with Crippen molar-refractivity contribution in [3.63, 3.8) is 0 Å². The fourth-order valence-electron chi connectivity index (χ4n) is 2.29. The van der Waals surface area contributed by atoms with E-state index in [1.165, 1.54) is 13.2 Å². The number of anilines is 1. The maximum atomic E-state index is 13.8. The third kappa shape index (κ3) is 1.16. The minimum Gasteiger partial charge on any atom is -0.453 e. The average Bonchev–Trinajstić information content (AvgIpc) is 2.65. The van der Waals surface area contributed by atoms with Crippen molar-refractivity contribution in [2.45, 2.75) is 11.8 Å². The molecule has 1 aromatic heterocycles. The number of nitrogens with one attached hydrogen (secondary N) is 2. The van der Waals surface area contributed by atoms with E-state index in [1.54, 1.807) is 6.08 Å². The summed E-state index contributed by atoms with van der Waals surface area (Å²) in [5.74, 6) is -4.04. The highest BCUT2D eigenvalue weighted by atomic mass is 19.3. The number of hydrogen-bond acceptors (Lipinski definition) is 3. The number of hydrogen-bond donors (Lipinski definition) is 2. The van der Waals surface area contributed by atoms with E-state index < -0.39 is 17.9 Å². The molecule has 5 nitrogen and oxygen atoms in total. The molecule has 3 rings (SSSR count). The number of fused-ring (bicyclic) bond motifs is 3. The van der Waals surface area contributed by atoms with Gasteiger partial charge in [0.05, 0.1) is 13.0 Å². The van der Waals surface area contributed by atoms with E-state index in [4.69, 9.17) is 0 Å². The van der Waals surface area contributed by atoms with Crippen LogP contribution in [-0.2, 0) is 10.7 Å². The lowest BCUT2D eigenvalue weighted by molar-refractivity contribution is -0.0474. The Kier molecular flexibility index (Phi) is 1.84. The molecule has 2 atom stereocenters. The molecule has 90 valence electrons. The van der Waals surface area contributed by atoms with Gasteiger partial charge in [-0.05, 0) is 0 Å². The van der Waals surface area contributed by atoms with Gasteiger partial charge >= 0.3 is 6.09 Å². The summed E-state index contributed by atoms with van der Waals surface area (Å²) >= 11 is 0. The zero-order chi connectivity index (χ0) is 12.2. The summed E-state index contributed by atoms with van der Waals surface area (Å²) in [6, 6.07) is 0. The maximum Gasteiger partial charge on any atom is 0.412 e. The summed E-state index contributed by atoms with van der Waals surface area (Å²) in [6.07, 6.45) is 2.43. The van der Waals surface area contributed by atoms with Crippen molar-refractivity contribution in [2.75, 3.05) is 12.4 Å². The molecule has 1 heterocycles. The second kappa shape index (κ2) is 3.06. The van der Waals surface area contributed by atoms with Gasteiger partial charge in [-0.15, -0.1) is 0 Å². The monoisotopic (exact) mass is 241 g/mol. The zero-order valence-electron chi connectivity index (χ0n) is 8.83. The van der Waals surface area contributed by atoms with Gasteiger partial charge in [0.15, 0.2) is 5.82 Å². The number of ether oxygens (including phenoxy) is 1. The topological polar surface area (TPSA) is 67.0 Å². The molecule has 2 unspecified atom stereocenters. The first-order valence-corrected chi connectivity index (χ1v) is 5.05. The number of carbonyl (C=O) groups excluding carboxylic acids is 1. The molecule has 2 N–H and O–H groups in total. The van der Waals surface area contributed by atoms with E-state index in [9.17, 15) is 13.6 Å². The minimum atomic E-state index is -2.95. The summed E-state index contributed by atoms with van der Waals surface area (Å²) < 4.78 is 32.0. The number of amides is 1. The van der Waals surface area contributed by atoms with Crippen LogP contribution >= 0.6 is 0 Å². The van der Waals surface area contributed by atoms with Crippen LogP contribution in [0.5, 0.6) is 0 Å². The highest BCUT2D eigenvalue weighted by Gasteiger charge is 2.58. The Morgan fingerprint density at radius 2 is 2.35 bits per heavy atom. The maximum absolute atomic E-state index is 13.8. The molecule has 1 amide bonds. The van der Waals surface area contributed by atoms with Gasteiger partial charge < -0.3 is 4.74 Å². The SMILES string of the molecule is COC(=O)Nc1n[nH]c2c1C1C=CC1C2(F)F. The fraction of sp³-hybridized carbons (Fsp3) is 0.400. The van der Waals surface area contributed by atoms with Gasteiger partial charge in [0, 0.05) is 11.5 Å². The van der Waals surface area contributed by atoms with Gasteiger partial charge in [-0.2, -0.15) is 13.9 Å². The van der Waals surface area contributed by atoms with E-state index in [1.807, 2.05) is 0 Å². The highest BCUT2D eigenvalue weighted by Crippen LogP contribution is 2.59. The smallest absolute Gasteiger partial charge is 0.412 e. The van der Waals surface area contributed by atoms with Crippen molar-refractivity contribution >= 4 is 11.9 Å². The Morgan fingerprint density at radius 1 is 1.59 bits per heavy atom. The Bertz CT molecular complexity index is 524. The third-order valence-electron chi connectivity index (χ3n) is 3.21. The van der Waals surface area contributed by atoms with Crippen molar-refractivity contribution in [3.05, 3.63) is 23.4 Å². The number of alkyl halides is 2. The molecule has 0 fully saturated rings. The van der Waals surface area contributed by atoms with Crippen LogP contribution in [0.2, 0.25) is 0 Å². The Balaban J connectivity index is 2.01. The second-order valence-corrected chi connectivity index (χ2v) is 4.04. The average molecular weight is 241 g/mol. The van der Waals surface area contributed by atoms with E-state index in [0.717, 1.165) is 0 Å². The van der Waals surface area contributed by atoms with Crippen LogP contribution in [0.25, 0.3) is 0 Å². The molecule has 0 aromatic carbocycles. The number of methoxy groups -OCH3 is 1. The molecule has 0 bridgehead atoms. The van der Waals surface area contributed by atoms with Crippen molar-refractivity contribution in [1.82, 2.24) is 10.2 Å². The van der Waals surface area contributed by atoms with Crippen molar-refractivity contribution in [3.8, 4) is 0 Å². The van der Waals surface area contributed by atoms with Gasteiger partial charge in [0.1, 0.15) is 5.69 Å². The molecule has 0 saturated carbocycles. The van der Waals surface area contributed by atoms with Gasteiger partial charge in [0.25, 0.3) is 5.92 Å². The molecule has 7 heteroatoms. The first-order chi connectivity index (χ1) is 8.05. The van der Waals surface area contributed by atoms with Gasteiger partial charge in [-0.25, -0.2) is 4.79 Å². The van der Waals surface area contributed by atoms with Crippen LogP contribution in [0.3, 0.4) is 0 Å². The number of halogens is 2. The predicted octanol–water partition coefficient (Wildman–Crippen LogP) is 1.96. The Morgan fingerprint density at radius 3 is 2.94 bits per heavy atom. The van der Waals surface area contributed by atoms with Crippen LogP contribution in [0, 0.1) is 5.92 Å². The van der Waals surface area contributed by atoms with E-state index >= 15 is 0 Å². The molecular formula is C10H9F2N3O2. The number of allylic oxidation sites excluding steroid dienone is 2. The summed E-state index contributed by atoms with van der Waals surface area (Å²) in [6.45, 7) is 0. The van der Waals surface area contributed by atoms with Crippen LogP contribution in [0.1, 0.15) is 17.2 Å². The molecule has 1 aromatic rings. The summed E-state index contributed by atoms with van der Waals surface area (Å²) in [5.41, 5.74) is 0.136. The van der Waals surface area contributed by atoms with E-state index in [-0.39, 0.29) is 17.4 Å². The minimum absolute atomic E-state index is 0.114. The van der Waals surface area contributed by atoms with Gasteiger partial charge in [-0.3, -0.25) is 10.4 Å². The van der Waals surface area contributed by atoms with E-state index in [2.05, 4.69) is 20.3 Å². The molecule has 2 aliphatic rings. The molecule has 17 heavy (non-hydrogen) atoms. The second-order valence-electron chi connectivity index (χ2n) is 4.04. The lowest BCUT2D eigenvalue weighted by Crippen LogP contribution is -2.26. The number of carbonyl (C=O) groups is 1. The van der Waals surface area contributed by atoms with Crippen molar-refractivity contribution < 1.29 is 18.3 Å². The van der Waals surface area contributed by atoms with Crippen molar-refractivity contribution in [1.29, 1.82) is 0 Å². The number of aromatic nitrogens is 2. The lowest BCUT2D eigenvalue weighted by Gasteiger charge is -2.26. The fourth-order valence-corrected chi connectivity index (χ4v) is 2.29. The van der Waals surface area contributed by atoms with Crippen LogP contribution in [-0.4, -0.2) is 23.4 Å². The number of rotatable bonds is 1. The van der Waals surface area contributed by atoms with Crippen LogP contribution in [0.15, 0.2) is 12.2 Å². The molecule has 0 radical (unpaired) electrons. The molecule has 0 spiro atoms. The van der Waals surface area contributed by atoms with Crippen molar-refractivity contribution in [2.24, 2.45) is 5.92 Å². The highest BCUT2D eigenvalue weighted by molar-refractivity contribution is 5.85. The van der Waals surface area contributed by atoms with Crippen LogP contribution in [0.4, 0.5) is 19.4 Å². The largest absolute Gasteiger partial charge is 0.453 e. The standard InChI is InChI=1S/C10H9F2N3O2/c1-17-9(16)13-8-6-4-2-3-5(4)10(11,12)7(6)14-15-8/h2-5H,1H3,(H2,13,14,15,16). The quantitative estimate of drug-likeness (QED) is 0.738. The lowest BCUT2D eigenvalue weighted by atomic mass is 9.81. The Hall–Kier alpha value is -1.92. The summed E-state index contributed by atoms with van der Waals surface area (Å²) in [7, 11) is 1.20. The first-order valence-electron chi connectivity index (χ1n) is 5.05. The molecule has 0 aliphatic heterocycles. The zero-order valence-corrected chi connectivity index (χ0v) is 8.83. The number of aromatic amines is 1. The van der Waals surface area contributed by atoms with E-state index in [0.29, 0.717) is 5.56 Å². The first kappa shape index (κ1) is 10.2. The van der Waals surface area contributed by atoms with Gasteiger partial charge in [-0.1, -0.05) is 12.2 Å². The van der Waals surface area contributed by atoms with Crippen LogP contribution < -0.4 is 5.32 Å². The predicted molar refractivity (Wildman–Crippen MR) is 53.9 cm³/mol. The number of H-pyrrole nitrogens is 1. The Labute approximate surface area is 94.8 Å². The van der Waals surface area contributed by atoms with Gasteiger partial charge in [0.2, 0.25) is 0 Å². The molecular weight excluding hydrogens is 232 g/mol.